The van der Waals surface area contributed by atoms with E-state index < -0.39 is 0 Å². The highest BCUT2D eigenvalue weighted by atomic mass is 16.5. The largest absolute Gasteiger partial charge is 0.508 e. The molecule has 2 atom stereocenters. The van der Waals surface area contributed by atoms with Crippen molar-refractivity contribution in [3.8, 4) is 17.2 Å². The Balaban J connectivity index is 1.69. The number of aromatic nitrogens is 1. The summed E-state index contributed by atoms with van der Waals surface area (Å²) in [4.78, 5) is 3.26. The van der Waals surface area contributed by atoms with Crippen LogP contribution in [0.3, 0.4) is 0 Å². The van der Waals surface area contributed by atoms with E-state index in [9.17, 15) is 10.2 Å². The van der Waals surface area contributed by atoms with Crippen molar-refractivity contribution in [1.82, 2.24) is 4.98 Å². The number of H-pyrrole nitrogens is 1. The van der Waals surface area contributed by atoms with Gasteiger partial charge in [0.2, 0.25) is 0 Å². The number of aromatic hydroxyl groups is 2. The normalized spacial score (nSPS) is 18.6. The van der Waals surface area contributed by atoms with Gasteiger partial charge < -0.3 is 25.7 Å². The lowest BCUT2D eigenvalue weighted by atomic mass is 9.76. The molecule has 5 N–H and O–H groups in total. The van der Waals surface area contributed by atoms with Crippen molar-refractivity contribution in [1.29, 1.82) is 0 Å². The van der Waals surface area contributed by atoms with E-state index in [0.29, 0.717) is 12.4 Å². The minimum atomic E-state index is 0.0535. The molecule has 5 nitrogen and oxygen atoms in total. The molecule has 28 heavy (non-hydrogen) atoms. The third kappa shape index (κ3) is 2.63. The monoisotopic (exact) mass is 372 g/mol. The Morgan fingerprint density at radius 1 is 0.893 bits per heavy atom. The molecule has 0 spiro atoms. The predicted molar refractivity (Wildman–Crippen MR) is 109 cm³/mol. The first-order chi connectivity index (χ1) is 13.6. The van der Waals surface area contributed by atoms with Crippen LogP contribution in [0.15, 0.2) is 66.9 Å². The molecular formula is C23H20N2O3. The summed E-state index contributed by atoms with van der Waals surface area (Å²) < 4.78 is 6.04. The van der Waals surface area contributed by atoms with Gasteiger partial charge in [-0.1, -0.05) is 18.2 Å². The molecule has 1 aliphatic rings. The SMILES string of the molecule is Nc1ccc(C2c3ccc(O)cc3OCC2c2c[nH]c3cc(O)ccc23)cc1. The smallest absolute Gasteiger partial charge is 0.126 e. The number of hydrogen-bond acceptors (Lipinski definition) is 4. The second-order valence-electron chi connectivity index (χ2n) is 7.26. The van der Waals surface area contributed by atoms with Crippen molar-refractivity contribution >= 4 is 16.6 Å². The number of benzene rings is 3. The third-order valence-corrected chi connectivity index (χ3v) is 5.55. The predicted octanol–water partition coefficient (Wildman–Crippen LogP) is 4.47. The number of phenols is 2. The maximum absolute atomic E-state index is 9.87. The molecule has 5 rings (SSSR count). The summed E-state index contributed by atoms with van der Waals surface area (Å²) >= 11 is 0. The first-order valence-electron chi connectivity index (χ1n) is 9.21. The molecule has 1 aliphatic heterocycles. The van der Waals surface area contributed by atoms with Crippen molar-refractivity contribution in [2.24, 2.45) is 0 Å². The lowest BCUT2D eigenvalue weighted by Gasteiger charge is -2.34. The first-order valence-corrected chi connectivity index (χ1v) is 9.21. The van der Waals surface area contributed by atoms with Crippen LogP contribution in [-0.2, 0) is 0 Å². The molecule has 0 radical (unpaired) electrons. The molecule has 2 unspecified atom stereocenters. The standard InChI is InChI=1S/C23H20N2O3/c24-14-3-1-13(2-4-14)23-18-8-6-16(27)10-22(18)28-12-20(23)19-11-25-21-9-15(26)5-7-17(19)21/h1-11,20,23,25-27H,12,24H2. The van der Waals surface area contributed by atoms with Gasteiger partial charge in [0.05, 0.1) is 6.61 Å². The van der Waals surface area contributed by atoms with E-state index in [4.69, 9.17) is 10.5 Å². The van der Waals surface area contributed by atoms with Gasteiger partial charge in [0.1, 0.15) is 17.2 Å². The van der Waals surface area contributed by atoms with Crippen molar-refractivity contribution in [3.05, 3.63) is 83.6 Å². The fourth-order valence-electron chi connectivity index (χ4n) is 4.23. The Labute approximate surface area is 162 Å². The van der Waals surface area contributed by atoms with Crippen LogP contribution in [0.4, 0.5) is 5.69 Å². The molecule has 0 bridgehead atoms. The Morgan fingerprint density at radius 2 is 1.64 bits per heavy atom. The molecule has 4 aromatic rings. The summed E-state index contributed by atoms with van der Waals surface area (Å²) in [6.45, 7) is 0.485. The number of ether oxygens (including phenoxy) is 1. The Hall–Kier alpha value is -3.60. The molecule has 0 fully saturated rings. The first kappa shape index (κ1) is 16.6. The quantitative estimate of drug-likeness (QED) is 0.391. The maximum Gasteiger partial charge on any atom is 0.126 e. The van der Waals surface area contributed by atoms with Crippen molar-refractivity contribution in [2.45, 2.75) is 11.8 Å². The van der Waals surface area contributed by atoms with Crippen molar-refractivity contribution in [3.63, 3.8) is 0 Å². The van der Waals surface area contributed by atoms with Crippen LogP contribution in [0.2, 0.25) is 0 Å². The molecule has 1 aromatic heterocycles. The van der Waals surface area contributed by atoms with Gasteiger partial charge in [-0.25, -0.2) is 0 Å². The number of nitrogens with two attached hydrogens (primary N) is 1. The van der Waals surface area contributed by atoms with E-state index in [-0.39, 0.29) is 23.3 Å². The zero-order valence-corrected chi connectivity index (χ0v) is 15.1. The number of fused-ring (bicyclic) bond motifs is 2. The molecule has 5 heteroatoms. The summed E-state index contributed by atoms with van der Waals surface area (Å²) in [5, 5.41) is 20.7. The second kappa shape index (κ2) is 6.23. The van der Waals surface area contributed by atoms with Crippen LogP contribution in [0, 0.1) is 0 Å². The van der Waals surface area contributed by atoms with Gasteiger partial charge >= 0.3 is 0 Å². The molecule has 140 valence electrons. The van der Waals surface area contributed by atoms with Crippen molar-refractivity contribution < 1.29 is 14.9 Å². The summed E-state index contributed by atoms with van der Waals surface area (Å²) in [5.74, 6) is 1.25. The molecule has 3 aromatic carbocycles. The number of hydrogen-bond donors (Lipinski definition) is 4. The molecule has 0 aliphatic carbocycles. The lowest BCUT2D eigenvalue weighted by molar-refractivity contribution is 0.248. The lowest BCUT2D eigenvalue weighted by Crippen LogP contribution is -2.25. The summed E-state index contributed by atoms with van der Waals surface area (Å²) in [6.07, 6.45) is 1.99. The molecule has 0 amide bonds. The molecular weight excluding hydrogens is 352 g/mol. The van der Waals surface area contributed by atoms with E-state index in [1.165, 1.54) is 0 Å². The third-order valence-electron chi connectivity index (χ3n) is 5.55. The minimum absolute atomic E-state index is 0.0535. The average molecular weight is 372 g/mol. The van der Waals surface area contributed by atoms with Gasteiger partial charge in [-0.05, 0) is 41.5 Å². The van der Waals surface area contributed by atoms with Gasteiger partial charge in [-0.15, -0.1) is 0 Å². The van der Waals surface area contributed by atoms with Gasteiger partial charge in [0.25, 0.3) is 0 Å². The summed E-state index contributed by atoms with van der Waals surface area (Å²) in [6, 6.07) is 18.6. The highest BCUT2D eigenvalue weighted by molar-refractivity contribution is 5.85. The Morgan fingerprint density at radius 3 is 2.46 bits per heavy atom. The van der Waals surface area contributed by atoms with Gasteiger partial charge in [-0.2, -0.15) is 0 Å². The van der Waals surface area contributed by atoms with Crippen LogP contribution < -0.4 is 10.5 Å². The fourth-order valence-corrected chi connectivity index (χ4v) is 4.23. The zero-order valence-electron chi connectivity index (χ0n) is 15.1. The number of aromatic amines is 1. The Kier molecular flexibility index (Phi) is 3.69. The van der Waals surface area contributed by atoms with E-state index in [0.717, 1.165) is 33.3 Å². The summed E-state index contributed by atoms with van der Waals surface area (Å²) in [7, 11) is 0. The number of anilines is 1. The van der Waals surface area contributed by atoms with E-state index in [1.807, 2.05) is 30.5 Å². The zero-order chi connectivity index (χ0) is 19.3. The number of rotatable bonds is 2. The Bertz CT molecular complexity index is 1160. The van der Waals surface area contributed by atoms with Crippen LogP contribution in [0.1, 0.15) is 28.5 Å². The highest BCUT2D eigenvalue weighted by Gasteiger charge is 2.35. The average Bonchev–Trinajstić information content (AvgIpc) is 3.10. The molecule has 0 saturated carbocycles. The second-order valence-corrected chi connectivity index (χ2v) is 7.26. The molecule has 0 saturated heterocycles. The number of phenolic OH excluding ortho intramolecular Hbond substituents is 2. The van der Waals surface area contributed by atoms with Crippen molar-refractivity contribution in [2.75, 3.05) is 12.3 Å². The summed E-state index contributed by atoms with van der Waals surface area (Å²) in [5.41, 5.74) is 10.8. The van der Waals surface area contributed by atoms with Gasteiger partial charge in [0.15, 0.2) is 0 Å². The highest BCUT2D eigenvalue weighted by Crippen LogP contribution is 2.48. The molecule has 2 heterocycles. The van der Waals surface area contributed by atoms with E-state index >= 15 is 0 Å². The van der Waals surface area contributed by atoms with Gasteiger partial charge in [-0.3, -0.25) is 0 Å². The van der Waals surface area contributed by atoms with Crippen LogP contribution in [-0.4, -0.2) is 21.8 Å². The number of nitrogen functional groups attached to an aromatic ring is 1. The van der Waals surface area contributed by atoms with Crippen LogP contribution in [0.5, 0.6) is 17.2 Å². The minimum Gasteiger partial charge on any atom is -0.508 e. The van der Waals surface area contributed by atoms with E-state index in [2.05, 4.69) is 17.1 Å². The topological polar surface area (TPSA) is 91.5 Å². The van der Waals surface area contributed by atoms with Crippen LogP contribution in [0.25, 0.3) is 10.9 Å². The van der Waals surface area contributed by atoms with E-state index in [1.54, 1.807) is 24.3 Å². The van der Waals surface area contributed by atoms with Gasteiger partial charge in [0, 0.05) is 52.3 Å². The number of nitrogens with one attached hydrogen (secondary N) is 1. The maximum atomic E-state index is 9.87. The van der Waals surface area contributed by atoms with Crippen LogP contribution >= 0.6 is 0 Å². The fraction of sp³-hybridized carbons (Fsp3) is 0.130.